The highest BCUT2D eigenvalue weighted by Gasteiger charge is 2.01. The molecular weight excluding hydrogens is 142 g/mol. The second-order valence-corrected chi connectivity index (χ2v) is 2.85. The average Bonchev–Trinajstić information content (AvgIpc) is 1.97. The van der Waals surface area contributed by atoms with Crippen molar-refractivity contribution in [2.45, 2.75) is 20.3 Å². The summed E-state index contributed by atoms with van der Waals surface area (Å²) in [6.07, 6.45) is 2.40. The van der Waals surface area contributed by atoms with Crippen molar-refractivity contribution in [3.8, 4) is 0 Å². The lowest BCUT2D eigenvalue weighted by Crippen LogP contribution is -2.26. The van der Waals surface area contributed by atoms with Gasteiger partial charge in [0.05, 0.1) is 6.61 Å². The first-order chi connectivity index (χ1) is 5.16. The van der Waals surface area contributed by atoms with Gasteiger partial charge in [-0.25, -0.2) is 0 Å². The van der Waals surface area contributed by atoms with Crippen LogP contribution in [0.3, 0.4) is 0 Å². The van der Waals surface area contributed by atoms with Gasteiger partial charge in [0.1, 0.15) is 0 Å². The number of aliphatic hydroxyl groups is 1. The van der Waals surface area contributed by atoms with Gasteiger partial charge < -0.3 is 10.4 Å². The molecule has 0 aromatic carbocycles. The topological polar surface area (TPSA) is 49.3 Å². The van der Waals surface area contributed by atoms with E-state index in [0.717, 1.165) is 6.42 Å². The Morgan fingerprint density at radius 3 is 2.73 bits per heavy atom. The fourth-order valence-electron chi connectivity index (χ4n) is 0.594. The number of rotatable bonds is 5. The SMILES string of the molecule is CC(C)C[CH]C(=O)NCCO. The van der Waals surface area contributed by atoms with Crippen molar-refractivity contribution in [3.63, 3.8) is 0 Å². The highest BCUT2D eigenvalue weighted by molar-refractivity contribution is 5.84. The van der Waals surface area contributed by atoms with Crippen LogP contribution in [0.2, 0.25) is 0 Å². The Morgan fingerprint density at radius 1 is 1.64 bits per heavy atom. The minimum absolute atomic E-state index is 0.00125. The second-order valence-electron chi connectivity index (χ2n) is 2.85. The fraction of sp³-hybridized carbons (Fsp3) is 0.750. The molecule has 0 bridgehead atoms. The number of amides is 1. The Kier molecular flexibility index (Phi) is 5.84. The molecule has 3 nitrogen and oxygen atoms in total. The summed E-state index contributed by atoms with van der Waals surface area (Å²) in [5, 5.41) is 10.9. The van der Waals surface area contributed by atoms with E-state index in [1.807, 2.05) is 0 Å². The molecule has 0 aliphatic heterocycles. The van der Waals surface area contributed by atoms with Crippen LogP contribution in [0.25, 0.3) is 0 Å². The Bertz CT molecular complexity index is 113. The molecule has 0 fully saturated rings. The van der Waals surface area contributed by atoms with Crippen LogP contribution in [0.1, 0.15) is 20.3 Å². The number of carbonyl (C=O) groups is 1. The summed E-state index contributed by atoms with van der Waals surface area (Å²) >= 11 is 0. The van der Waals surface area contributed by atoms with Crippen LogP contribution < -0.4 is 5.32 Å². The summed E-state index contributed by atoms with van der Waals surface area (Å²) in [5.41, 5.74) is 0. The molecule has 1 amide bonds. The zero-order chi connectivity index (χ0) is 8.69. The molecule has 2 N–H and O–H groups in total. The molecule has 11 heavy (non-hydrogen) atoms. The molecule has 3 heteroatoms. The van der Waals surface area contributed by atoms with Gasteiger partial charge in [0.2, 0.25) is 5.91 Å². The van der Waals surface area contributed by atoms with E-state index in [9.17, 15) is 4.79 Å². The third kappa shape index (κ3) is 7.33. The van der Waals surface area contributed by atoms with Gasteiger partial charge in [0.25, 0.3) is 0 Å². The molecule has 0 saturated heterocycles. The maximum atomic E-state index is 10.8. The van der Waals surface area contributed by atoms with Crippen molar-refractivity contribution in [1.29, 1.82) is 0 Å². The van der Waals surface area contributed by atoms with Crippen LogP contribution in [0, 0.1) is 12.3 Å². The van der Waals surface area contributed by atoms with Crippen LogP contribution in [0.15, 0.2) is 0 Å². The highest BCUT2D eigenvalue weighted by Crippen LogP contribution is 2.01. The van der Waals surface area contributed by atoms with E-state index in [-0.39, 0.29) is 12.5 Å². The number of hydrogen-bond donors (Lipinski definition) is 2. The zero-order valence-corrected chi connectivity index (χ0v) is 7.13. The van der Waals surface area contributed by atoms with E-state index in [1.165, 1.54) is 0 Å². The quantitative estimate of drug-likeness (QED) is 0.606. The molecule has 0 aromatic heterocycles. The van der Waals surface area contributed by atoms with Gasteiger partial charge in [-0.15, -0.1) is 0 Å². The van der Waals surface area contributed by atoms with Gasteiger partial charge in [0, 0.05) is 13.0 Å². The minimum Gasteiger partial charge on any atom is -0.395 e. The largest absolute Gasteiger partial charge is 0.395 e. The first-order valence-electron chi connectivity index (χ1n) is 3.88. The number of nitrogens with one attached hydrogen (secondary N) is 1. The van der Waals surface area contributed by atoms with Crippen molar-refractivity contribution in [3.05, 3.63) is 6.42 Å². The summed E-state index contributed by atoms with van der Waals surface area (Å²) in [7, 11) is 0. The molecular formula is C8H16NO2. The fourth-order valence-corrected chi connectivity index (χ4v) is 0.594. The molecule has 0 unspecified atom stereocenters. The standard InChI is InChI=1S/C8H16NO2/c1-7(2)3-4-8(11)9-5-6-10/h4,7,10H,3,5-6H2,1-2H3,(H,9,11). The van der Waals surface area contributed by atoms with Gasteiger partial charge in [-0.2, -0.15) is 0 Å². The Morgan fingerprint density at radius 2 is 2.27 bits per heavy atom. The summed E-state index contributed by atoms with van der Waals surface area (Å²) in [6, 6.07) is 0. The van der Waals surface area contributed by atoms with E-state index in [0.29, 0.717) is 12.5 Å². The summed E-state index contributed by atoms with van der Waals surface area (Å²) in [5.74, 6) is 0.419. The van der Waals surface area contributed by atoms with Crippen molar-refractivity contribution in [2.75, 3.05) is 13.2 Å². The molecule has 0 spiro atoms. The van der Waals surface area contributed by atoms with Gasteiger partial charge in [-0.3, -0.25) is 4.79 Å². The van der Waals surface area contributed by atoms with Crippen LogP contribution in [-0.2, 0) is 4.79 Å². The van der Waals surface area contributed by atoms with E-state index < -0.39 is 0 Å². The second kappa shape index (κ2) is 6.16. The van der Waals surface area contributed by atoms with Crippen LogP contribution in [0.5, 0.6) is 0 Å². The number of hydrogen-bond acceptors (Lipinski definition) is 2. The lowest BCUT2D eigenvalue weighted by Gasteiger charge is -2.03. The first-order valence-corrected chi connectivity index (χ1v) is 3.88. The van der Waals surface area contributed by atoms with E-state index >= 15 is 0 Å². The van der Waals surface area contributed by atoms with Crippen molar-refractivity contribution < 1.29 is 9.90 Å². The van der Waals surface area contributed by atoms with E-state index in [1.54, 1.807) is 6.42 Å². The van der Waals surface area contributed by atoms with Crippen molar-refractivity contribution >= 4 is 5.91 Å². The summed E-state index contributed by atoms with van der Waals surface area (Å²) in [4.78, 5) is 10.8. The maximum absolute atomic E-state index is 10.8. The van der Waals surface area contributed by atoms with Crippen LogP contribution in [0.4, 0.5) is 0 Å². The lowest BCUT2D eigenvalue weighted by atomic mass is 10.1. The molecule has 0 rings (SSSR count). The van der Waals surface area contributed by atoms with Gasteiger partial charge in [0.15, 0.2) is 0 Å². The molecule has 0 aliphatic rings. The van der Waals surface area contributed by atoms with E-state index in [2.05, 4.69) is 19.2 Å². The Labute approximate surface area is 67.8 Å². The Hall–Kier alpha value is -0.570. The number of carbonyl (C=O) groups excluding carboxylic acids is 1. The van der Waals surface area contributed by atoms with Gasteiger partial charge in [-0.1, -0.05) is 13.8 Å². The van der Waals surface area contributed by atoms with Gasteiger partial charge in [-0.05, 0) is 12.3 Å². The molecule has 0 heterocycles. The average molecular weight is 158 g/mol. The molecule has 1 radical (unpaired) electrons. The third-order valence-corrected chi connectivity index (χ3v) is 1.19. The third-order valence-electron chi connectivity index (χ3n) is 1.19. The van der Waals surface area contributed by atoms with Gasteiger partial charge >= 0.3 is 0 Å². The molecule has 0 aromatic rings. The van der Waals surface area contributed by atoms with Crippen molar-refractivity contribution in [1.82, 2.24) is 5.32 Å². The normalized spacial score (nSPS) is 10.2. The van der Waals surface area contributed by atoms with Crippen LogP contribution >= 0.6 is 0 Å². The maximum Gasteiger partial charge on any atom is 0.224 e. The first kappa shape index (κ1) is 10.4. The smallest absolute Gasteiger partial charge is 0.224 e. The summed E-state index contributed by atoms with van der Waals surface area (Å²) in [6.45, 7) is 4.44. The van der Waals surface area contributed by atoms with Crippen molar-refractivity contribution in [2.24, 2.45) is 5.92 Å². The molecule has 0 saturated carbocycles. The van der Waals surface area contributed by atoms with E-state index in [4.69, 9.17) is 5.11 Å². The summed E-state index contributed by atoms with van der Waals surface area (Å²) < 4.78 is 0. The molecule has 0 aliphatic carbocycles. The predicted molar refractivity (Wildman–Crippen MR) is 43.9 cm³/mol. The lowest BCUT2D eigenvalue weighted by molar-refractivity contribution is -0.118. The molecule has 65 valence electrons. The molecule has 0 atom stereocenters. The highest BCUT2D eigenvalue weighted by atomic mass is 16.3. The number of aliphatic hydroxyl groups excluding tert-OH is 1. The zero-order valence-electron chi connectivity index (χ0n) is 7.13. The predicted octanol–water partition coefficient (Wildman–Crippen LogP) is 0.345. The van der Waals surface area contributed by atoms with Crippen LogP contribution in [-0.4, -0.2) is 24.2 Å². The minimum atomic E-state index is -0.0900. The monoisotopic (exact) mass is 158 g/mol. The Balaban J connectivity index is 3.23.